The van der Waals surface area contributed by atoms with Gasteiger partial charge in [-0.3, -0.25) is 11.3 Å². The zero-order chi connectivity index (χ0) is 13.7. The van der Waals surface area contributed by atoms with Gasteiger partial charge in [-0.25, -0.2) is 0 Å². The van der Waals surface area contributed by atoms with Crippen LogP contribution < -0.4 is 11.3 Å². The number of hydrogen-bond donors (Lipinski definition) is 2. The number of methoxy groups -OCH3 is 1. The Kier molecular flexibility index (Phi) is 5.22. The second-order valence-electron chi connectivity index (χ2n) is 5.34. The summed E-state index contributed by atoms with van der Waals surface area (Å²) < 4.78 is 5.92. The predicted octanol–water partition coefficient (Wildman–Crippen LogP) is 3.58. The first-order valence-corrected chi connectivity index (χ1v) is 7.36. The summed E-state index contributed by atoms with van der Waals surface area (Å²) in [6.07, 6.45) is 6.99. The monoisotopic (exact) mass is 282 g/mol. The van der Waals surface area contributed by atoms with Crippen molar-refractivity contribution in [1.29, 1.82) is 0 Å². The van der Waals surface area contributed by atoms with E-state index < -0.39 is 0 Å². The zero-order valence-corrected chi connectivity index (χ0v) is 12.2. The van der Waals surface area contributed by atoms with E-state index in [1.54, 1.807) is 7.11 Å². The van der Waals surface area contributed by atoms with Crippen LogP contribution in [0.2, 0.25) is 5.02 Å². The largest absolute Gasteiger partial charge is 0.376 e. The maximum absolute atomic E-state index is 6.10. The second kappa shape index (κ2) is 6.71. The summed E-state index contributed by atoms with van der Waals surface area (Å²) in [6, 6.07) is 7.85. The lowest BCUT2D eigenvalue weighted by atomic mass is 9.82. The molecule has 19 heavy (non-hydrogen) atoms. The highest BCUT2D eigenvalue weighted by atomic mass is 35.5. The average Bonchev–Trinajstić information content (AvgIpc) is 2.66. The molecule has 0 bridgehead atoms. The van der Waals surface area contributed by atoms with E-state index >= 15 is 0 Å². The van der Waals surface area contributed by atoms with Crippen molar-refractivity contribution in [2.45, 2.75) is 50.2 Å². The molecule has 0 aromatic heterocycles. The minimum absolute atomic E-state index is 0.0192. The third-order valence-corrected chi connectivity index (χ3v) is 4.47. The molecule has 0 radical (unpaired) electrons. The summed E-state index contributed by atoms with van der Waals surface area (Å²) in [5, 5.41) is 0.734. The van der Waals surface area contributed by atoms with Crippen molar-refractivity contribution < 1.29 is 4.74 Å². The maximum Gasteiger partial charge on any atom is 0.0885 e. The second-order valence-corrected chi connectivity index (χ2v) is 5.77. The Bertz CT molecular complexity index is 403. The summed E-state index contributed by atoms with van der Waals surface area (Å²) in [5.74, 6) is 5.82. The lowest BCUT2D eigenvalue weighted by molar-refractivity contribution is -0.0541. The molecule has 1 aromatic carbocycles. The first kappa shape index (κ1) is 14.8. The molecule has 1 saturated carbocycles. The Hall–Kier alpha value is -0.610. The van der Waals surface area contributed by atoms with Gasteiger partial charge in [0.25, 0.3) is 0 Å². The SMILES string of the molecule is COC1(C(NN)c2cccc(Cl)c2)CCCCCC1. The van der Waals surface area contributed by atoms with Crippen LogP contribution in [-0.4, -0.2) is 12.7 Å². The number of hydrazine groups is 1. The quantitative estimate of drug-likeness (QED) is 0.504. The molecule has 4 heteroatoms. The van der Waals surface area contributed by atoms with Crippen molar-refractivity contribution in [3.8, 4) is 0 Å². The van der Waals surface area contributed by atoms with Gasteiger partial charge in [0.2, 0.25) is 0 Å². The van der Waals surface area contributed by atoms with Crippen LogP contribution in [0.15, 0.2) is 24.3 Å². The van der Waals surface area contributed by atoms with E-state index in [9.17, 15) is 0 Å². The standard InChI is InChI=1S/C15H23ClN2O/c1-19-15(9-4-2-3-5-10-15)14(18-17)12-7-6-8-13(16)11-12/h6-8,11,14,18H,2-5,9-10,17H2,1H3. The fourth-order valence-corrected chi connectivity index (χ4v) is 3.37. The molecule has 3 nitrogen and oxygen atoms in total. The van der Waals surface area contributed by atoms with E-state index in [1.165, 1.54) is 25.7 Å². The molecule has 1 atom stereocenters. The lowest BCUT2D eigenvalue weighted by Gasteiger charge is -2.39. The van der Waals surface area contributed by atoms with Gasteiger partial charge in [0.05, 0.1) is 11.6 Å². The number of nitrogens with one attached hydrogen (secondary N) is 1. The highest BCUT2D eigenvalue weighted by Crippen LogP contribution is 2.40. The molecule has 0 amide bonds. The Morgan fingerprint density at radius 1 is 1.26 bits per heavy atom. The van der Waals surface area contributed by atoms with Crippen LogP contribution >= 0.6 is 11.6 Å². The van der Waals surface area contributed by atoms with E-state index in [2.05, 4.69) is 11.5 Å². The van der Waals surface area contributed by atoms with E-state index in [4.69, 9.17) is 22.2 Å². The molecule has 1 unspecified atom stereocenters. The molecule has 0 heterocycles. The highest BCUT2D eigenvalue weighted by Gasteiger charge is 2.39. The highest BCUT2D eigenvalue weighted by molar-refractivity contribution is 6.30. The predicted molar refractivity (Wildman–Crippen MR) is 79.0 cm³/mol. The number of rotatable bonds is 4. The van der Waals surface area contributed by atoms with Gasteiger partial charge in [0.15, 0.2) is 0 Å². The van der Waals surface area contributed by atoms with Gasteiger partial charge < -0.3 is 4.74 Å². The zero-order valence-electron chi connectivity index (χ0n) is 11.5. The molecule has 1 aliphatic carbocycles. The summed E-state index contributed by atoms with van der Waals surface area (Å²) in [6.45, 7) is 0. The van der Waals surface area contributed by atoms with Crippen LogP contribution in [0.25, 0.3) is 0 Å². The fourth-order valence-electron chi connectivity index (χ4n) is 3.18. The van der Waals surface area contributed by atoms with Crippen LogP contribution in [0.4, 0.5) is 0 Å². The van der Waals surface area contributed by atoms with Gasteiger partial charge in [0, 0.05) is 12.1 Å². The Morgan fingerprint density at radius 2 is 1.95 bits per heavy atom. The molecule has 0 spiro atoms. The molecule has 1 aliphatic rings. The Balaban J connectivity index is 2.32. The van der Waals surface area contributed by atoms with Gasteiger partial charge in [-0.2, -0.15) is 0 Å². The molecular weight excluding hydrogens is 260 g/mol. The first-order chi connectivity index (χ1) is 9.22. The fraction of sp³-hybridized carbons (Fsp3) is 0.600. The van der Waals surface area contributed by atoms with Crippen molar-refractivity contribution in [1.82, 2.24) is 5.43 Å². The van der Waals surface area contributed by atoms with Crippen molar-refractivity contribution >= 4 is 11.6 Å². The number of hydrogen-bond acceptors (Lipinski definition) is 3. The Labute approximate surface area is 120 Å². The summed E-state index contributed by atoms with van der Waals surface area (Å²) in [7, 11) is 1.79. The van der Waals surface area contributed by atoms with Gasteiger partial charge in [-0.05, 0) is 30.5 Å². The van der Waals surface area contributed by atoms with Crippen LogP contribution in [0.5, 0.6) is 0 Å². The average molecular weight is 283 g/mol. The smallest absolute Gasteiger partial charge is 0.0885 e. The molecular formula is C15H23ClN2O. The van der Waals surface area contributed by atoms with Crippen LogP contribution in [0, 0.1) is 0 Å². The van der Waals surface area contributed by atoms with E-state index in [0.717, 1.165) is 23.4 Å². The molecule has 0 aliphatic heterocycles. The van der Waals surface area contributed by atoms with E-state index in [1.807, 2.05) is 18.2 Å². The first-order valence-electron chi connectivity index (χ1n) is 6.98. The van der Waals surface area contributed by atoms with Gasteiger partial charge >= 0.3 is 0 Å². The van der Waals surface area contributed by atoms with Crippen molar-refractivity contribution in [2.24, 2.45) is 5.84 Å². The number of benzene rings is 1. The summed E-state index contributed by atoms with van der Waals surface area (Å²) in [4.78, 5) is 0. The van der Waals surface area contributed by atoms with E-state index in [-0.39, 0.29) is 11.6 Å². The third kappa shape index (κ3) is 3.29. The summed E-state index contributed by atoms with van der Waals surface area (Å²) >= 11 is 6.10. The molecule has 106 valence electrons. The van der Waals surface area contributed by atoms with Crippen LogP contribution in [0.3, 0.4) is 0 Å². The maximum atomic E-state index is 6.10. The Morgan fingerprint density at radius 3 is 2.47 bits per heavy atom. The minimum atomic E-state index is -0.226. The molecule has 2 rings (SSSR count). The lowest BCUT2D eigenvalue weighted by Crippen LogP contribution is -2.47. The number of halogens is 1. The van der Waals surface area contributed by atoms with Gasteiger partial charge in [-0.1, -0.05) is 49.4 Å². The minimum Gasteiger partial charge on any atom is -0.376 e. The van der Waals surface area contributed by atoms with Gasteiger partial charge in [-0.15, -0.1) is 0 Å². The van der Waals surface area contributed by atoms with Crippen LogP contribution in [0.1, 0.15) is 50.1 Å². The topological polar surface area (TPSA) is 47.3 Å². The number of nitrogens with two attached hydrogens (primary N) is 1. The summed E-state index contributed by atoms with van der Waals surface area (Å²) in [5.41, 5.74) is 3.82. The van der Waals surface area contributed by atoms with Crippen LogP contribution in [-0.2, 0) is 4.74 Å². The molecule has 3 N–H and O–H groups in total. The number of ether oxygens (including phenoxy) is 1. The molecule has 0 saturated heterocycles. The molecule has 1 aromatic rings. The van der Waals surface area contributed by atoms with E-state index in [0.29, 0.717) is 0 Å². The van der Waals surface area contributed by atoms with Crippen molar-refractivity contribution in [2.75, 3.05) is 7.11 Å². The molecule has 1 fully saturated rings. The van der Waals surface area contributed by atoms with Crippen molar-refractivity contribution in [3.05, 3.63) is 34.9 Å². The third-order valence-electron chi connectivity index (χ3n) is 4.23. The van der Waals surface area contributed by atoms with Gasteiger partial charge in [0.1, 0.15) is 0 Å². The normalized spacial score (nSPS) is 20.8. The van der Waals surface area contributed by atoms with Crippen molar-refractivity contribution in [3.63, 3.8) is 0 Å².